The smallest absolute Gasteiger partial charge is 0.303 e. The SMILES string of the molecule is CC(=O)OC(C)c1cccc(COc2ccc(I)cc2)c1. The highest BCUT2D eigenvalue weighted by Gasteiger charge is 2.09. The van der Waals surface area contributed by atoms with Crippen LogP contribution in [0.4, 0.5) is 0 Å². The average Bonchev–Trinajstić information content (AvgIpc) is 2.46. The van der Waals surface area contributed by atoms with Crippen LogP contribution < -0.4 is 4.74 Å². The summed E-state index contributed by atoms with van der Waals surface area (Å²) in [6.07, 6.45) is -0.249. The van der Waals surface area contributed by atoms with E-state index >= 15 is 0 Å². The molecule has 0 radical (unpaired) electrons. The van der Waals surface area contributed by atoms with E-state index in [4.69, 9.17) is 9.47 Å². The van der Waals surface area contributed by atoms with Crippen LogP contribution in [0.2, 0.25) is 0 Å². The third-order valence-corrected chi connectivity index (χ3v) is 3.70. The molecule has 1 unspecified atom stereocenters. The molecular formula is C17H17IO3. The van der Waals surface area contributed by atoms with E-state index in [1.165, 1.54) is 10.5 Å². The van der Waals surface area contributed by atoms with Gasteiger partial charge in [0.1, 0.15) is 18.5 Å². The van der Waals surface area contributed by atoms with E-state index in [1.54, 1.807) is 0 Å². The molecule has 0 amide bonds. The maximum atomic E-state index is 11.0. The fourth-order valence-corrected chi connectivity index (χ4v) is 2.31. The van der Waals surface area contributed by atoms with E-state index < -0.39 is 0 Å². The molecule has 2 rings (SSSR count). The Labute approximate surface area is 138 Å². The number of ether oxygens (including phenoxy) is 2. The van der Waals surface area contributed by atoms with E-state index in [2.05, 4.69) is 22.6 Å². The molecule has 2 aromatic rings. The maximum absolute atomic E-state index is 11.0. The van der Waals surface area contributed by atoms with Gasteiger partial charge in [-0.1, -0.05) is 18.2 Å². The van der Waals surface area contributed by atoms with Crippen molar-refractivity contribution in [3.8, 4) is 5.75 Å². The summed E-state index contributed by atoms with van der Waals surface area (Å²) in [6.45, 7) is 3.77. The number of esters is 1. The number of halogens is 1. The summed E-state index contributed by atoms with van der Waals surface area (Å²) in [5.74, 6) is 0.567. The van der Waals surface area contributed by atoms with E-state index in [9.17, 15) is 4.79 Å². The molecule has 0 heterocycles. The second-order valence-corrected chi connectivity index (χ2v) is 5.98. The lowest BCUT2D eigenvalue weighted by atomic mass is 10.1. The summed E-state index contributed by atoms with van der Waals surface area (Å²) < 4.78 is 12.1. The van der Waals surface area contributed by atoms with Crippen LogP contribution in [-0.2, 0) is 16.1 Å². The van der Waals surface area contributed by atoms with Crippen molar-refractivity contribution in [2.75, 3.05) is 0 Å². The largest absolute Gasteiger partial charge is 0.489 e. The van der Waals surface area contributed by atoms with E-state index in [0.29, 0.717) is 6.61 Å². The Morgan fingerprint density at radius 2 is 1.90 bits per heavy atom. The Bertz CT molecular complexity index is 608. The highest BCUT2D eigenvalue weighted by molar-refractivity contribution is 14.1. The minimum absolute atomic E-state index is 0.249. The lowest BCUT2D eigenvalue weighted by Crippen LogP contribution is -2.05. The molecule has 0 aliphatic rings. The second-order valence-electron chi connectivity index (χ2n) is 4.74. The number of rotatable bonds is 5. The summed E-state index contributed by atoms with van der Waals surface area (Å²) in [5, 5.41) is 0. The molecule has 4 heteroatoms. The van der Waals surface area contributed by atoms with Gasteiger partial charge in [-0.25, -0.2) is 0 Å². The Balaban J connectivity index is 2.00. The van der Waals surface area contributed by atoms with Gasteiger partial charge in [0, 0.05) is 10.5 Å². The van der Waals surface area contributed by atoms with Crippen molar-refractivity contribution in [2.24, 2.45) is 0 Å². The lowest BCUT2D eigenvalue weighted by Gasteiger charge is -2.13. The molecule has 0 N–H and O–H groups in total. The second kappa shape index (κ2) is 7.45. The summed E-state index contributed by atoms with van der Waals surface area (Å²) in [4.78, 5) is 11.0. The van der Waals surface area contributed by atoms with Gasteiger partial charge in [-0.15, -0.1) is 0 Å². The van der Waals surface area contributed by atoms with Crippen LogP contribution in [0.25, 0.3) is 0 Å². The van der Waals surface area contributed by atoms with Crippen LogP contribution in [0.3, 0.4) is 0 Å². The predicted octanol–water partition coefficient (Wildman–Crippen LogP) is 4.49. The fourth-order valence-electron chi connectivity index (χ4n) is 1.95. The number of benzene rings is 2. The summed E-state index contributed by atoms with van der Waals surface area (Å²) in [5.41, 5.74) is 2.01. The van der Waals surface area contributed by atoms with Gasteiger partial charge in [-0.05, 0) is 71.0 Å². The van der Waals surface area contributed by atoms with Gasteiger partial charge < -0.3 is 9.47 Å². The van der Waals surface area contributed by atoms with Gasteiger partial charge in [0.2, 0.25) is 0 Å². The summed E-state index contributed by atoms with van der Waals surface area (Å²) in [7, 11) is 0. The molecule has 0 aromatic heterocycles. The van der Waals surface area contributed by atoms with Crippen LogP contribution in [0.15, 0.2) is 48.5 Å². The number of carbonyl (C=O) groups excluding carboxylic acids is 1. The fraction of sp³-hybridized carbons (Fsp3) is 0.235. The van der Waals surface area contributed by atoms with E-state index in [-0.39, 0.29) is 12.1 Å². The first-order chi connectivity index (χ1) is 10.0. The Kier molecular flexibility index (Phi) is 5.61. The third-order valence-electron chi connectivity index (χ3n) is 2.98. The standard InChI is InChI=1S/C17H17IO3/c1-12(21-13(2)19)15-5-3-4-14(10-15)11-20-17-8-6-16(18)7-9-17/h3-10,12H,11H2,1-2H3. The Hall–Kier alpha value is -1.56. The topological polar surface area (TPSA) is 35.5 Å². The molecule has 2 aromatic carbocycles. The van der Waals surface area contributed by atoms with Crippen LogP contribution in [0.5, 0.6) is 5.75 Å². The Morgan fingerprint density at radius 3 is 2.57 bits per heavy atom. The molecule has 1 atom stereocenters. The quantitative estimate of drug-likeness (QED) is 0.552. The monoisotopic (exact) mass is 396 g/mol. The summed E-state index contributed by atoms with van der Waals surface area (Å²) in [6, 6.07) is 15.8. The van der Waals surface area contributed by atoms with Gasteiger partial charge in [-0.3, -0.25) is 4.79 Å². The molecule has 0 spiro atoms. The van der Waals surface area contributed by atoms with Crippen molar-refractivity contribution >= 4 is 28.6 Å². The molecule has 0 saturated heterocycles. The van der Waals surface area contributed by atoms with Crippen LogP contribution in [-0.4, -0.2) is 5.97 Å². The normalized spacial score (nSPS) is 11.8. The molecule has 110 valence electrons. The molecule has 21 heavy (non-hydrogen) atoms. The first kappa shape index (κ1) is 15.8. The van der Waals surface area contributed by atoms with Crippen molar-refractivity contribution in [3.05, 3.63) is 63.2 Å². The number of hydrogen-bond donors (Lipinski definition) is 0. The van der Waals surface area contributed by atoms with Crippen molar-refractivity contribution in [1.82, 2.24) is 0 Å². The molecule has 0 saturated carbocycles. The zero-order valence-corrected chi connectivity index (χ0v) is 14.2. The van der Waals surface area contributed by atoms with Crippen LogP contribution in [0.1, 0.15) is 31.1 Å². The van der Waals surface area contributed by atoms with Gasteiger partial charge >= 0.3 is 5.97 Å². The number of hydrogen-bond acceptors (Lipinski definition) is 3. The van der Waals surface area contributed by atoms with Crippen molar-refractivity contribution in [2.45, 2.75) is 26.6 Å². The van der Waals surface area contributed by atoms with Gasteiger partial charge in [0.25, 0.3) is 0 Å². The maximum Gasteiger partial charge on any atom is 0.303 e. The molecule has 0 aliphatic heterocycles. The highest BCUT2D eigenvalue weighted by Crippen LogP contribution is 2.20. The molecule has 0 aliphatic carbocycles. The molecule has 3 nitrogen and oxygen atoms in total. The van der Waals surface area contributed by atoms with E-state index in [0.717, 1.165) is 16.9 Å². The molecular weight excluding hydrogens is 379 g/mol. The average molecular weight is 396 g/mol. The van der Waals surface area contributed by atoms with Gasteiger partial charge in [-0.2, -0.15) is 0 Å². The van der Waals surface area contributed by atoms with Gasteiger partial charge in [0.05, 0.1) is 0 Å². The third kappa shape index (κ3) is 5.04. The number of carbonyl (C=O) groups is 1. The summed E-state index contributed by atoms with van der Waals surface area (Å²) >= 11 is 2.26. The first-order valence-electron chi connectivity index (χ1n) is 6.69. The van der Waals surface area contributed by atoms with Crippen molar-refractivity contribution < 1.29 is 14.3 Å². The predicted molar refractivity (Wildman–Crippen MR) is 90.1 cm³/mol. The Morgan fingerprint density at radius 1 is 1.19 bits per heavy atom. The lowest BCUT2D eigenvalue weighted by molar-refractivity contribution is -0.145. The first-order valence-corrected chi connectivity index (χ1v) is 7.77. The van der Waals surface area contributed by atoms with Crippen LogP contribution in [0, 0.1) is 3.57 Å². The highest BCUT2D eigenvalue weighted by atomic mass is 127. The zero-order valence-electron chi connectivity index (χ0n) is 12.0. The minimum atomic E-state index is -0.275. The van der Waals surface area contributed by atoms with Crippen molar-refractivity contribution in [3.63, 3.8) is 0 Å². The van der Waals surface area contributed by atoms with Crippen LogP contribution >= 0.6 is 22.6 Å². The molecule has 0 bridgehead atoms. The van der Waals surface area contributed by atoms with E-state index in [1.807, 2.05) is 55.5 Å². The zero-order chi connectivity index (χ0) is 15.2. The van der Waals surface area contributed by atoms with Gasteiger partial charge in [0.15, 0.2) is 0 Å². The minimum Gasteiger partial charge on any atom is -0.489 e. The molecule has 0 fully saturated rings. The van der Waals surface area contributed by atoms with Crippen molar-refractivity contribution in [1.29, 1.82) is 0 Å².